The van der Waals surface area contributed by atoms with Crippen LogP contribution in [0.15, 0.2) is 30.6 Å². The van der Waals surface area contributed by atoms with Crippen LogP contribution in [0.25, 0.3) is 5.69 Å². The van der Waals surface area contributed by atoms with Gasteiger partial charge in [0.05, 0.1) is 11.6 Å². The van der Waals surface area contributed by atoms with Gasteiger partial charge in [-0.2, -0.15) is 0 Å². The van der Waals surface area contributed by atoms with E-state index >= 15 is 0 Å². The van der Waals surface area contributed by atoms with Gasteiger partial charge in [-0.3, -0.25) is 9.69 Å². The van der Waals surface area contributed by atoms with Crippen molar-refractivity contribution in [2.24, 2.45) is 11.7 Å². The van der Waals surface area contributed by atoms with Crippen molar-refractivity contribution in [3.8, 4) is 5.69 Å². The lowest BCUT2D eigenvalue weighted by atomic mass is 10.0. The van der Waals surface area contributed by atoms with E-state index in [1.807, 2.05) is 17.0 Å². The second kappa shape index (κ2) is 6.89. The molecule has 2 aliphatic rings. The Labute approximate surface area is 146 Å². The van der Waals surface area contributed by atoms with Gasteiger partial charge in [0.15, 0.2) is 0 Å². The Morgan fingerprint density at radius 1 is 1.16 bits per heavy atom. The highest BCUT2D eigenvalue weighted by Gasteiger charge is 2.37. The summed E-state index contributed by atoms with van der Waals surface area (Å²) in [6, 6.07) is 8.05. The summed E-state index contributed by atoms with van der Waals surface area (Å²) in [7, 11) is 0. The fourth-order valence-corrected chi connectivity index (χ4v) is 3.77. The van der Waals surface area contributed by atoms with Crippen LogP contribution in [0.3, 0.4) is 0 Å². The third kappa shape index (κ3) is 3.40. The Morgan fingerprint density at radius 2 is 1.92 bits per heavy atom. The number of nitrogens with two attached hydrogens (primary N) is 1. The normalized spacial score (nSPS) is 24.1. The molecule has 8 nitrogen and oxygen atoms in total. The van der Waals surface area contributed by atoms with Crippen molar-refractivity contribution in [2.45, 2.75) is 25.4 Å². The highest BCUT2D eigenvalue weighted by molar-refractivity contribution is 5.80. The zero-order chi connectivity index (χ0) is 17.2. The van der Waals surface area contributed by atoms with Gasteiger partial charge in [-0.15, -0.1) is 5.10 Å². The number of amides is 1. The topological polar surface area (TPSA) is 93.2 Å². The lowest BCUT2D eigenvalue weighted by Crippen LogP contribution is -2.42. The average molecular weight is 341 g/mol. The van der Waals surface area contributed by atoms with Crippen LogP contribution in [0.4, 0.5) is 0 Å². The summed E-state index contributed by atoms with van der Waals surface area (Å²) in [6.07, 6.45) is 3.80. The Kier molecular flexibility index (Phi) is 4.46. The zero-order valence-corrected chi connectivity index (χ0v) is 14.2. The van der Waals surface area contributed by atoms with E-state index in [1.54, 1.807) is 11.0 Å². The lowest BCUT2D eigenvalue weighted by Gasteiger charge is -2.22. The zero-order valence-electron chi connectivity index (χ0n) is 14.2. The summed E-state index contributed by atoms with van der Waals surface area (Å²) in [6.45, 7) is 4.08. The smallest absolute Gasteiger partial charge is 0.228 e. The van der Waals surface area contributed by atoms with Gasteiger partial charge >= 0.3 is 0 Å². The number of tetrazole rings is 1. The Hall–Kier alpha value is -2.32. The van der Waals surface area contributed by atoms with Crippen LogP contribution in [-0.2, 0) is 11.3 Å². The largest absolute Gasteiger partial charge is 0.342 e. The number of aromatic nitrogens is 4. The summed E-state index contributed by atoms with van der Waals surface area (Å²) in [5.74, 6) is 0.167. The monoisotopic (exact) mass is 341 g/mol. The molecule has 0 unspecified atom stereocenters. The first-order valence-electron chi connectivity index (χ1n) is 8.80. The van der Waals surface area contributed by atoms with Crippen LogP contribution < -0.4 is 5.73 Å². The van der Waals surface area contributed by atoms with E-state index in [4.69, 9.17) is 5.73 Å². The second-order valence-corrected chi connectivity index (χ2v) is 6.92. The number of likely N-dealkylation sites (tertiary alicyclic amines) is 2. The molecular formula is C17H23N7O. The van der Waals surface area contributed by atoms with Crippen molar-refractivity contribution in [1.29, 1.82) is 0 Å². The highest BCUT2D eigenvalue weighted by atomic mass is 16.2. The van der Waals surface area contributed by atoms with Crippen LogP contribution >= 0.6 is 0 Å². The van der Waals surface area contributed by atoms with Crippen molar-refractivity contribution >= 4 is 5.91 Å². The van der Waals surface area contributed by atoms with Crippen molar-refractivity contribution in [3.63, 3.8) is 0 Å². The molecule has 0 aliphatic carbocycles. The summed E-state index contributed by atoms with van der Waals surface area (Å²) in [4.78, 5) is 16.9. The maximum atomic E-state index is 12.6. The van der Waals surface area contributed by atoms with E-state index < -0.39 is 0 Å². The SMILES string of the molecule is N[C@H]1CN(Cc2ccc(-n3cnnn3)cc2)C[C@H]1C(=O)N1CCCC1. The lowest BCUT2D eigenvalue weighted by molar-refractivity contribution is -0.134. The summed E-state index contributed by atoms with van der Waals surface area (Å²) in [5.41, 5.74) is 8.38. The number of rotatable bonds is 4. The van der Waals surface area contributed by atoms with Gasteiger partial charge in [0.1, 0.15) is 6.33 Å². The van der Waals surface area contributed by atoms with E-state index in [0.717, 1.165) is 51.3 Å². The van der Waals surface area contributed by atoms with Crippen molar-refractivity contribution in [2.75, 3.05) is 26.2 Å². The molecule has 1 aromatic carbocycles. The molecule has 8 heteroatoms. The molecule has 0 radical (unpaired) electrons. The van der Waals surface area contributed by atoms with Crippen LogP contribution in [0.2, 0.25) is 0 Å². The predicted octanol–water partition coefficient (Wildman–Crippen LogP) is 0.0438. The fraction of sp³-hybridized carbons (Fsp3) is 0.529. The maximum absolute atomic E-state index is 12.6. The number of carbonyl (C=O) groups excluding carboxylic acids is 1. The molecule has 25 heavy (non-hydrogen) atoms. The van der Waals surface area contributed by atoms with Crippen molar-refractivity contribution in [3.05, 3.63) is 36.2 Å². The first-order chi connectivity index (χ1) is 12.2. The first kappa shape index (κ1) is 16.2. The van der Waals surface area contributed by atoms with Gasteiger partial charge < -0.3 is 10.6 Å². The first-order valence-corrected chi connectivity index (χ1v) is 8.80. The van der Waals surface area contributed by atoms with Gasteiger partial charge in [0, 0.05) is 38.8 Å². The molecule has 4 rings (SSSR count). The summed E-state index contributed by atoms with van der Waals surface area (Å²) >= 11 is 0. The van der Waals surface area contributed by atoms with Gasteiger partial charge in [0.25, 0.3) is 0 Å². The Balaban J connectivity index is 1.37. The molecule has 2 aliphatic heterocycles. The molecule has 3 heterocycles. The third-order valence-electron chi connectivity index (χ3n) is 5.13. The molecule has 0 saturated carbocycles. The fourth-order valence-electron chi connectivity index (χ4n) is 3.77. The molecule has 1 aromatic heterocycles. The van der Waals surface area contributed by atoms with Gasteiger partial charge in [-0.25, -0.2) is 4.68 Å². The molecule has 1 amide bonds. The van der Waals surface area contributed by atoms with Crippen LogP contribution in [0.1, 0.15) is 18.4 Å². The minimum absolute atomic E-state index is 0.0707. The number of hydrogen-bond donors (Lipinski definition) is 1. The van der Waals surface area contributed by atoms with Gasteiger partial charge in [-0.05, 0) is 41.0 Å². The summed E-state index contributed by atoms with van der Waals surface area (Å²) in [5, 5.41) is 11.2. The number of nitrogens with zero attached hydrogens (tertiary/aromatic N) is 6. The third-order valence-corrected chi connectivity index (χ3v) is 5.13. The van der Waals surface area contributed by atoms with E-state index in [9.17, 15) is 4.79 Å². The van der Waals surface area contributed by atoms with Crippen molar-refractivity contribution < 1.29 is 4.79 Å². The number of hydrogen-bond acceptors (Lipinski definition) is 6. The van der Waals surface area contributed by atoms with Gasteiger partial charge in [0.2, 0.25) is 5.91 Å². The van der Waals surface area contributed by atoms with Crippen LogP contribution in [0, 0.1) is 5.92 Å². The molecule has 132 valence electrons. The highest BCUT2D eigenvalue weighted by Crippen LogP contribution is 2.22. The van der Waals surface area contributed by atoms with Gasteiger partial charge in [-0.1, -0.05) is 12.1 Å². The molecule has 2 N–H and O–H groups in total. The second-order valence-electron chi connectivity index (χ2n) is 6.92. The average Bonchev–Trinajstić information content (AvgIpc) is 3.37. The Morgan fingerprint density at radius 3 is 2.60 bits per heavy atom. The minimum atomic E-state index is -0.0754. The van der Waals surface area contributed by atoms with Crippen LogP contribution in [0.5, 0.6) is 0 Å². The number of carbonyl (C=O) groups is 1. The quantitative estimate of drug-likeness (QED) is 0.844. The minimum Gasteiger partial charge on any atom is -0.342 e. The molecular weight excluding hydrogens is 318 g/mol. The maximum Gasteiger partial charge on any atom is 0.228 e. The van der Waals surface area contributed by atoms with E-state index in [1.165, 1.54) is 5.56 Å². The van der Waals surface area contributed by atoms with Crippen molar-refractivity contribution in [1.82, 2.24) is 30.0 Å². The molecule has 0 bridgehead atoms. The molecule has 2 fully saturated rings. The van der Waals surface area contributed by atoms with E-state index in [2.05, 4.69) is 32.6 Å². The predicted molar refractivity (Wildman–Crippen MR) is 91.7 cm³/mol. The number of benzene rings is 1. The standard InChI is InChI=1S/C17H23N7O/c18-16-11-22(10-15(16)17(25)23-7-1-2-8-23)9-13-3-5-14(6-4-13)24-12-19-20-21-24/h3-6,12,15-16H,1-2,7-11,18H2/t15-,16+/m1/s1. The molecule has 2 saturated heterocycles. The van der Waals surface area contributed by atoms with E-state index in [0.29, 0.717) is 0 Å². The molecule has 2 aromatic rings. The summed E-state index contributed by atoms with van der Waals surface area (Å²) < 4.78 is 1.63. The van der Waals surface area contributed by atoms with Crippen LogP contribution in [-0.4, -0.2) is 68.1 Å². The Bertz CT molecular complexity index is 709. The van der Waals surface area contributed by atoms with E-state index in [-0.39, 0.29) is 17.9 Å². The molecule has 2 atom stereocenters. The molecule has 0 spiro atoms.